The molecule has 30 heavy (non-hydrogen) atoms. The zero-order valence-electron chi connectivity index (χ0n) is 18.1. The molecular formula is C23H29N3O4. The lowest BCUT2D eigenvalue weighted by molar-refractivity contribution is -0.0277. The summed E-state index contributed by atoms with van der Waals surface area (Å²) in [5.74, 6) is 2.83. The Morgan fingerprint density at radius 3 is 2.60 bits per heavy atom. The van der Waals surface area contributed by atoms with Crippen LogP contribution < -0.4 is 14.4 Å². The number of anilines is 2. The van der Waals surface area contributed by atoms with Crippen molar-refractivity contribution in [1.82, 2.24) is 9.97 Å². The number of unbranched alkanes of at least 4 members (excludes halogenated alkanes) is 1. The quantitative estimate of drug-likeness (QED) is 0.330. The molecule has 7 heteroatoms. The Balaban J connectivity index is 2.05. The van der Waals surface area contributed by atoms with Crippen LogP contribution in [0.25, 0.3) is 10.9 Å². The van der Waals surface area contributed by atoms with Crippen molar-refractivity contribution in [2.45, 2.75) is 26.7 Å². The van der Waals surface area contributed by atoms with Crippen LogP contribution >= 0.6 is 0 Å². The third-order valence-electron chi connectivity index (χ3n) is 4.59. The first kappa shape index (κ1) is 21.8. The Bertz CT molecular complexity index is 964. The van der Waals surface area contributed by atoms with Gasteiger partial charge in [0, 0.05) is 24.2 Å². The Morgan fingerprint density at radius 1 is 1.00 bits per heavy atom. The van der Waals surface area contributed by atoms with E-state index in [1.54, 1.807) is 14.2 Å². The van der Waals surface area contributed by atoms with Gasteiger partial charge in [0.15, 0.2) is 11.5 Å². The number of rotatable bonds is 11. The molecule has 0 saturated carbocycles. The second-order valence-electron chi connectivity index (χ2n) is 6.82. The van der Waals surface area contributed by atoms with E-state index in [-0.39, 0.29) is 13.5 Å². The van der Waals surface area contributed by atoms with Crippen LogP contribution in [0.5, 0.6) is 11.5 Å². The van der Waals surface area contributed by atoms with Crippen molar-refractivity contribution in [2.24, 2.45) is 0 Å². The van der Waals surface area contributed by atoms with Gasteiger partial charge in [0.05, 0.1) is 19.2 Å². The van der Waals surface area contributed by atoms with Gasteiger partial charge >= 0.3 is 0 Å². The number of hydrogen-bond donors (Lipinski definition) is 0. The van der Waals surface area contributed by atoms with Crippen molar-refractivity contribution >= 4 is 22.4 Å². The van der Waals surface area contributed by atoms with Crippen molar-refractivity contribution in [3.05, 3.63) is 48.3 Å². The van der Waals surface area contributed by atoms with Gasteiger partial charge < -0.3 is 23.8 Å². The molecule has 2 aromatic carbocycles. The third kappa shape index (κ3) is 5.17. The summed E-state index contributed by atoms with van der Waals surface area (Å²) < 4.78 is 22.2. The van der Waals surface area contributed by atoms with Gasteiger partial charge in [-0.2, -0.15) is 0 Å². The molecule has 0 spiro atoms. The van der Waals surface area contributed by atoms with Crippen molar-refractivity contribution in [3.8, 4) is 11.5 Å². The SMILES string of the molecule is CCCCOc1cc(N(COCOC)c2nc(C)nc3ccccc23)ccc1OC. The molecular weight excluding hydrogens is 382 g/mol. The molecule has 3 rings (SSSR count). The number of aromatic nitrogens is 2. The predicted molar refractivity (Wildman–Crippen MR) is 118 cm³/mol. The molecule has 0 aliphatic carbocycles. The first-order valence-electron chi connectivity index (χ1n) is 10.1. The number of methoxy groups -OCH3 is 2. The third-order valence-corrected chi connectivity index (χ3v) is 4.59. The van der Waals surface area contributed by atoms with Crippen LogP contribution in [0.15, 0.2) is 42.5 Å². The molecule has 0 N–H and O–H groups in total. The number of ether oxygens (including phenoxy) is 4. The maximum absolute atomic E-state index is 5.98. The lowest BCUT2D eigenvalue weighted by Gasteiger charge is -2.26. The topological polar surface area (TPSA) is 65.9 Å². The average molecular weight is 412 g/mol. The normalized spacial score (nSPS) is 10.9. The van der Waals surface area contributed by atoms with Gasteiger partial charge in [-0.3, -0.25) is 0 Å². The van der Waals surface area contributed by atoms with E-state index in [1.807, 2.05) is 54.3 Å². The van der Waals surface area contributed by atoms with Gasteiger partial charge in [0.25, 0.3) is 0 Å². The van der Waals surface area contributed by atoms with Crippen LogP contribution in [0.2, 0.25) is 0 Å². The Hall–Kier alpha value is -2.90. The molecule has 3 aromatic rings. The first-order valence-corrected chi connectivity index (χ1v) is 10.1. The van der Waals surface area contributed by atoms with Crippen molar-refractivity contribution in [1.29, 1.82) is 0 Å². The Kier molecular flexibility index (Phi) is 7.82. The summed E-state index contributed by atoms with van der Waals surface area (Å²) in [4.78, 5) is 11.3. The van der Waals surface area contributed by atoms with E-state index in [1.165, 1.54) is 0 Å². The molecule has 0 unspecified atom stereocenters. The number of nitrogens with zero attached hydrogens (tertiary/aromatic N) is 3. The summed E-state index contributed by atoms with van der Waals surface area (Å²) in [7, 11) is 3.24. The minimum atomic E-state index is 0.175. The van der Waals surface area contributed by atoms with Crippen LogP contribution in [0.4, 0.5) is 11.5 Å². The van der Waals surface area contributed by atoms with Gasteiger partial charge in [-0.1, -0.05) is 25.5 Å². The summed E-state index contributed by atoms with van der Waals surface area (Å²) in [6.07, 6.45) is 2.04. The summed E-state index contributed by atoms with van der Waals surface area (Å²) in [6.45, 7) is 5.08. The molecule has 1 aromatic heterocycles. The van der Waals surface area contributed by atoms with Gasteiger partial charge in [-0.25, -0.2) is 9.97 Å². The summed E-state index contributed by atoms with van der Waals surface area (Å²) >= 11 is 0. The van der Waals surface area contributed by atoms with E-state index in [2.05, 4.69) is 11.9 Å². The van der Waals surface area contributed by atoms with E-state index < -0.39 is 0 Å². The molecule has 0 aliphatic rings. The zero-order chi connectivity index (χ0) is 21.3. The highest BCUT2D eigenvalue weighted by atomic mass is 16.7. The van der Waals surface area contributed by atoms with E-state index in [0.29, 0.717) is 23.9 Å². The number of fused-ring (bicyclic) bond motifs is 1. The molecule has 0 saturated heterocycles. The fourth-order valence-electron chi connectivity index (χ4n) is 3.12. The lowest BCUT2D eigenvalue weighted by atomic mass is 10.2. The number of aryl methyl sites for hydroxylation is 1. The van der Waals surface area contributed by atoms with Gasteiger partial charge in [0.1, 0.15) is 25.2 Å². The number of hydrogen-bond acceptors (Lipinski definition) is 7. The minimum absolute atomic E-state index is 0.175. The highest BCUT2D eigenvalue weighted by Crippen LogP contribution is 2.36. The fraction of sp³-hybridized carbons (Fsp3) is 0.391. The van der Waals surface area contributed by atoms with Gasteiger partial charge in [-0.05, 0) is 37.6 Å². The molecule has 0 aliphatic heterocycles. The molecule has 0 amide bonds. The Morgan fingerprint density at radius 2 is 1.83 bits per heavy atom. The monoisotopic (exact) mass is 411 g/mol. The smallest absolute Gasteiger partial charge is 0.163 e. The van der Waals surface area contributed by atoms with E-state index >= 15 is 0 Å². The standard InChI is InChI=1S/C23H29N3O4/c1-5-6-13-30-22-14-18(11-12-21(22)28-4)26(15-29-16-27-3)23-19-9-7-8-10-20(19)24-17(2)25-23/h7-12,14H,5-6,13,15-16H2,1-4H3. The van der Waals surface area contributed by atoms with Crippen LogP contribution in [0, 0.1) is 6.92 Å². The molecule has 1 heterocycles. The second-order valence-corrected chi connectivity index (χ2v) is 6.82. The molecule has 160 valence electrons. The van der Waals surface area contributed by atoms with E-state index in [0.717, 1.165) is 35.2 Å². The lowest BCUT2D eigenvalue weighted by Crippen LogP contribution is -2.23. The van der Waals surface area contributed by atoms with Crippen LogP contribution in [-0.2, 0) is 9.47 Å². The van der Waals surface area contributed by atoms with Crippen molar-refractivity contribution < 1.29 is 18.9 Å². The maximum Gasteiger partial charge on any atom is 0.163 e. The Labute approximate surface area is 177 Å². The zero-order valence-corrected chi connectivity index (χ0v) is 18.1. The average Bonchev–Trinajstić information content (AvgIpc) is 2.76. The number of para-hydroxylation sites is 1. The number of benzene rings is 2. The molecule has 0 atom stereocenters. The summed E-state index contributed by atoms with van der Waals surface area (Å²) in [6, 6.07) is 13.8. The molecule has 0 fully saturated rings. The maximum atomic E-state index is 5.98. The second kappa shape index (κ2) is 10.8. The van der Waals surface area contributed by atoms with Crippen molar-refractivity contribution in [2.75, 3.05) is 39.3 Å². The largest absolute Gasteiger partial charge is 0.493 e. The minimum Gasteiger partial charge on any atom is -0.493 e. The first-order chi connectivity index (χ1) is 14.7. The molecule has 7 nitrogen and oxygen atoms in total. The predicted octanol–water partition coefficient (Wildman–Crippen LogP) is 4.84. The van der Waals surface area contributed by atoms with Gasteiger partial charge in [-0.15, -0.1) is 0 Å². The van der Waals surface area contributed by atoms with Crippen LogP contribution in [-0.4, -0.2) is 44.3 Å². The van der Waals surface area contributed by atoms with Crippen molar-refractivity contribution in [3.63, 3.8) is 0 Å². The summed E-state index contributed by atoms with van der Waals surface area (Å²) in [5.41, 5.74) is 1.76. The molecule has 0 bridgehead atoms. The van der Waals surface area contributed by atoms with E-state index in [4.69, 9.17) is 23.9 Å². The van der Waals surface area contributed by atoms with E-state index in [9.17, 15) is 0 Å². The molecule has 0 radical (unpaired) electrons. The van der Waals surface area contributed by atoms with Gasteiger partial charge in [0.2, 0.25) is 0 Å². The highest BCUT2D eigenvalue weighted by Gasteiger charge is 2.18. The highest BCUT2D eigenvalue weighted by molar-refractivity contribution is 5.91. The fourth-order valence-corrected chi connectivity index (χ4v) is 3.12. The van der Waals surface area contributed by atoms with Crippen LogP contribution in [0.1, 0.15) is 25.6 Å². The summed E-state index contributed by atoms with van der Waals surface area (Å²) in [5, 5.41) is 0.938. The van der Waals surface area contributed by atoms with Crippen LogP contribution in [0.3, 0.4) is 0 Å².